The van der Waals surface area contributed by atoms with Crippen LogP contribution in [-0.4, -0.2) is 36.0 Å². The molecule has 0 aliphatic heterocycles. The molecule has 0 spiro atoms. The normalized spacial score (nSPS) is 11.4. The van der Waals surface area contributed by atoms with Crippen molar-refractivity contribution in [3.05, 3.63) is 53.6 Å². The third-order valence-corrected chi connectivity index (χ3v) is 4.55. The molecule has 0 fully saturated rings. The van der Waals surface area contributed by atoms with Crippen LogP contribution >= 0.6 is 0 Å². The molecule has 0 bridgehead atoms. The molecule has 0 aliphatic rings. The Morgan fingerprint density at radius 3 is 2.32 bits per heavy atom. The third kappa shape index (κ3) is 4.53. The van der Waals surface area contributed by atoms with Gasteiger partial charge in [0.25, 0.3) is 5.91 Å². The van der Waals surface area contributed by atoms with E-state index >= 15 is 0 Å². The molecule has 0 radical (unpaired) electrons. The highest BCUT2D eigenvalue weighted by Gasteiger charge is 2.27. The minimum Gasteiger partial charge on any atom is -0.496 e. The van der Waals surface area contributed by atoms with Crippen molar-refractivity contribution < 1.29 is 19.1 Å². The van der Waals surface area contributed by atoms with Crippen molar-refractivity contribution in [3.63, 3.8) is 0 Å². The van der Waals surface area contributed by atoms with Crippen LogP contribution in [0.15, 0.2) is 42.5 Å². The lowest BCUT2D eigenvalue weighted by molar-refractivity contribution is -0.139. The fourth-order valence-electron chi connectivity index (χ4n) is 3.45. The molecule has 0 heterocycles. The Bertz CT molecular complexity index is 876. The van der Waals surface area contributed by atoms with Crippen molar-refractivity contribution in [2.75, 3.05) is 7.11 Å². The minimum atomic E-state index is -0.439. The largest absolute Gasteiger partial charge is 0.496 e. The van der Waals surface area contributed by atoms with Gasteiger partial charge in [-0.25, -0.2) is 4.79 Å². The van der Waals surface area contributed by atoms with E-state index in [1.165, 1.54) is 6.08 Å². The number of carbonyl (C=O) groups excluding carboxylic acids is 2. The molecule has 0 aromatic heterocycles. The second-order valence-corrected chi connectivity index (χ2v) is 7.17. The average molecular weight is 383 g/mol. The molecule has 150 valence electrons. The number of ether oxygens (including phenoxy) is 2. The predicted molar refractivity (Wildman–Crippen MR) is 112 cm³/mol. The zero-order valence-electron chi connectivity index (χ0n) is 17.5. The second-order valence-electron chi connectivity index (χ2n) is 7.17. The highest BCUT2D eigenvalue weighted by molar-refractivity contribution is 6.10. The first-order chi connectivity index (χ1) is 13.3. The molecule has 0 N–H and O–H groups in total. The molecule has 2 rings (SSSR count). The molecule has 0 saturated heterocycles. The molecular weight excluding hydrogens is 354 g/mol. The van der Waals surface area contributed by atoms with Crippen LogP contribution in [0.3, 0.4) is 0 Å². The lowest BCUT2D eigenvalue weighted by Crippen LogP contribution is -2.42. The van der Waals surface area contributed by atoms with E-state index in [-0.39, 0.29) is 24.6 Å². The highest BCUT2D eigenvalue weighted by Crippen LogP contribution is 2.33. The molecule has 2 aromatic carbocycles. The third-order valence-electron chi connectivity index (χ3n) is 4.55. The van der Waals surface area contributed by atoms with Gasteiger partial charge in [0.15, 0.2) is 0 Å². The summed E-state index contributed by atoms with van der Waals surface area (Å²) in [6, 6.07) is 9.48. The number of benzene rings is 2. The van der Waals surface area contributed by atoms with Gasteiger partial charge in [-0.1, -0.05) is 30.3 Å². The summed E-state index contributed by atoms with van der Waals surface area (Å²) in [5.74, 6) is 0.0812. The molecule has 0 atom stereocenters. The minimum absolute atomic E-state index is 0.0161. The number of hydrogen-bond donors (Lipinski definition) is 0. The lowest BCUT2D eigenvalue weighted by Gasteiger charge is -2.32. The molecule has 0 aliphatic carbocycles. The number of nitrogens with zero attached hydrogens (tertiary/aromatic N) is 1. The van der Waals surface area contributed by atoms with Crippen LogP contribution in [0.25, 0.3) is 10.8 Å². The fraction of sp³-hybridized carbons (Fsp3) is 0.391. The molecule has 0 saturated carbocycles. The Morgan fingerprint density at radius 1 is 1.07 bits per heavy atom. The van der Waals surface area contributed by atoms with E-state index in [0.717, 1.165) is 10.8 Å². The Hall–Kier alpha value is -2.82. The van der Waals surface area contributed by atoms with Crippen LogP contribution in [0, 0.1) is 0 Å². The van der Waals surface area contributed by atoms with Crippen LogP contribution in [0.5, 0.6) is 5.75 Å². The summed E-state index contributed by atoms with van der Waals surface area (Å²) in [6.07, 6.45) is 2.98. The number of rotatable bonds is 7. The maximum absolute atomic E-state index is 13.6. The second kappa shape index (κ2) is 9.40. The first-order valence-electron chi connectivity index (χ1n) is 9.52. The van der Waals surface area contributed by atoms with Gasteiger partial charge in [0.2, 0.25) is 0 Å². The first kappa shape index (κ1) is 21.5. The van der Waals surface area contributed by atoms with Crippen molar-refractivity contribution in [1.29, 1.82) is 0 Å². The van der Waals surface area contributed by atoms with E-state index in [1.54, 1.807) is 20.1 Å². The maximum Gasteiger partial charge on any atom is 0.330 e. The standard InChI is InChI=1S/C23H29NO4/c1-7-9-20(25)28-14-18-13-12-17-10-8-11-19(27-6)21(17)22(18)23(26)24(15(2)3)16(4)5/h7-13,15-16H,14H2,1-6H3/b9-7+. The van der Waals surface area contributed by atoms with E-state index in [4.69, 9.17) is 9.47 Å². The van der Waals surface area contributed by atoms with E-state index < -0.39 is 5.97 Å². The van der Waals surface area contributed by atoms with Gasteiger partial charge in [-0.2, -0.15) is 0 Å². The summed E-state index contributed by atoms with van der Waals surface area (Å²) in [6.45, 7) is 9.73. The van der Waals surface area contributed by atoms with Gasteiger partial charge in [-0.15, -0.1) is 0 Å². The monoisotopic (exact) mass is 383 g/mol. The van der Waals surface area contributed by atoms with Crippen LogP contribution in [0.1, 0.15) is 50.5 Å². The summed E-state index contributed by atoms with van der Waals surface area (Å²) >= 11 is 0. The van der Waals surface area contributed by atoms with Crippen molar-refractivity contribution in [1.82, 2.24) is 4.90 Å². The van der Waals surface area contributed by atoms with E-state index in [1.807, 2.05) is 62.9 Å². The van der Waals surface area contributed by atoms with Crippen LogP contribution in [-0.2, 0) is 16.1 Å². The average Bonchev–Trinajstić information content (AvgIpc) is 2.64. The van der Waals surface area contributed by atoms with Gasteiger partial charge in [0, 0.05) is 29.1 Å². The molecule has 28 heavy (non-hydrogen) atoms. The molecular formula is C23H29NO4. The van der Waals surface area contributed by atoms with Crippen LogP contribution in [0.2, 0.25) is 0 Å². The topological polar surface area (TPSA) is 55.8 Å². The van der Waals surface area contributed by atoms with Crippen molar-refractivity contribution in [3.8, 4) is 5.75 Å². The predicted octanol–water partition coefficient (Wildman–Crippen LogP) is 4.73. The van der Waals surface area contributed by atoms with E-state index in [0.29, 0.717) is 16.9 Å². The van der Waals surface area contributed by atoms with Gasteiger partial charge in [0.1, 0.15) is 12.4 Å². The van der Waals surface area contributed by atoms with Gasteiger partial charge < -0.3 is 14.4 Å². The van der Waals surface area contributed by atoms with E-state index in [2.05, 4.69) is 0 Å². The fourth-order valence-corrected chi connectivity index (χ4v) is 3.45. The molecule has 2 aromatic rings. The Morgan fingerprint density at radius 2 is 1.75 bits per heavy atom. The lowest BCUT2D eigenvalue weighted by atomic mass is 9.96. The Labute approximate surface area is 166 Å². The number of methoxy groups -OCH3 is 1. The molecule has 5 nitrogen and oxygen atoms in total. The SMILES string of the molecule is C/C=C/C(=O)OCc1ccc2cccc(OC)c2c1C(=O)N(C(C)C)C(C)C. The summed E-state index contributed by atoms with van der Waals surface area (Å²) in [5, 5.41) is 1.64. The summed E-state index contributed by atoms with van der Waals surface area (Å²) in [5.41, 5.74) is 1.18. The number of hydrogen-bond acceptors (Lipinski definition) is 4. The number of amides is 1. The van der Waals surface area contributed by atoms with Gasteiger partial charge in [0.05, 0.1) is 12.7 Å². The van der Waals surface area contributed by atoms with Gasteiger partial charge in [-0.3, -0.25) is 4.79 Å². The maximum atomic E-state index is 13.6. The Balaban J connectivity index is 2.67. The van der Waals surface area contributed by atoms with Crippen molar-refractivity contribution in [2.24, 2.45) is 0 Å². The van der Waals surface area contributed by atoms with E-state index in [9.17, 15) is 9.59 Å². The summed E-state index contributed by atoms with van der Waals surface area (Å²) in [7, 11) is 1.59. The van der Waals surface area contributed by atoms with Crippen molar-refractivity contribution in [2.45, 2.75) is 53.3 Å². The first-order valence-corrected chi connectivity index (χ1v) is 9.52. The summed E-state index contributed by atoms with van der Waals surface area (Å²) in [4.78, 5) is 27.3. The number of esters is 1. The zero-order chi connectivity index (χ0) is 20.8. The van der Waals surface area contributed by atoms with Gasteiger partial charge in [-0.05, 0) is 46.1 Å². The number of fused-ring (bicyclic) bond motifs is 1. The van der Waals surface area contributed by atoms with Crippen LogP contribution < -0.4 is 4.74 Å². The number of allylic oxidation sites excluding steroid dienone is 1. The van der Waals surface area contributed by atoms with Crippen LogP contribution in [0.4, 0.5) is 0 Å². The van der Waals surface area contributed by atoms with Crippen molar-refractivity contribution >= 4 is 22.6 Å². The summed E-state index contributed by atoms with van der Waals surface area (Å²) < 4.78 is 10.9. The number of carbonyl (C=O) groups is 2. The molecule has 1 amide bonds. The zero-order valence-corrected chi connectivity index (χ0v) is 17.5. The molecule has 0 unspecified atom stereocenters. The van der Waals surface area contributed by atoms with Gasteiger partial charge >= 0.3 is 5.97 Å². The Kier molecular flexibility index (Phi) is 7.21. The molecule has 5 heteroatoms. The quantitative estimate of drug-likeness (QED) is 0.512. The smallest absolute Gasteiger partial charge is 0.330 e. The highest BCUT2D eigenvalue weighted by atomic mass is 16.5.